The van der Waals surface area contributed by atoms with Gasteiger partial charge in [0, 0.05) is 17.8 Å². The molecule has 0 unspecified atom stereocenters. The lowest BCUT2D eigenvalue weighted by Crippen LogP contribution is -2.19. The van der Waals surface area contributed by atoms with Crippen LogP contribution in [-0.4, -0.2) is 25.0 Å². The van der Waals surface area contributed by atoms with Gasteiger partial charge in [-0.1, -0.05) is 24.3 Å². The van der Waals surface area contributed by atoms with Gasteiger partial charge in [-0.3, -0.25) is 0 Å². The molecule has 0 aromatic heterocycles. The van der Waals surface area contributed by atoms with Crippen molar-refractivity contribution in [3.63, 3.8) is 0 Å². The summed E-state index contributed by atoms with van der Waals surface area (Å²) in [5.74, 6) is 0.267. The Morgan fingerprint density at radius 2 is 1.83 bits per heavy atom. The van der Waals surface area contributed by atoms with Gasteiger partial charge in [0.05, 0.1) is 13.7 Å². The molecule has 0 heterocycles. The number of ether oxygens (including phenoxy) is 2. The summed E-state index contributed by atoms with van der Waals surface area (Å²) in [6.07, 6.45) is -4.40. The molecular weight excluding hydrogens is 323 g/mol. The zero-order valence-electron chi connectivity index (χ0n) is 13.1. The van der Waals surface area contributed by atoms with Crippen LogP contribution in [0.15, 0.2) is 42.5 Å². The number of hydrogen-bond donors (Lipinski definition) is 2. The van der Waals surface area contributed by atoms with E-state index in [1.54, 1.807) is 18.2 Å². The fourth-order valence-corrected chi connectivity index (χ4v) is 2.13. The summed E-state index contributed by atoms with van der Waals surface area (Å²) >= 11 is 0. The lowest BCUT2D eigenvalue weighted by Gasteiger charge is -2.15. The number of para-hydroxylation sites is 1. The maximum atomic E-state index is 12.2. The number of aliphatic hydroxyl groups excluding tert-OH is 1. The van der Waals surface area contributed by atoms with Crippen molar-refractivity contribution in [1.29, 1.82) is 0 Å². The van der Waals surface area contributed by atoms with Gasteiger partial charge in [0.2, 0.25) is 0 Å². The van der Waals surface area contributed by atoms with Crippen LogP contribution >= 0.6 is 0 Å². The number of alkyl halides is 3. The predicted octanol–water partition coefficient (Wildman–Crippen LogP) is 3.74. The summed E-state index contributed by atoms with van der Waals surface area (Å²) in [6, 6.07) is 12.0. The summed E-state index contributed by atoms with van der Waals surface area (Å²) in [6.45, 7) is -1.03. The Balaban J connectivity index is 2.06. The van der Waals surface area contributed by atoms with E-state index in [4.69, 9.17) is 9.47 Å². The molecule has 2 aromatic rings. The molecule has 0 radical (unpaired) electrons. The minimum atomic E-state index is -4.40. The SMILES string of the molecule is COc1cc(CNc2ccccc2CO)ccc1OCC(F)(F)F. The second-order valence-corrected chi connectivity index (χ2v) is 5.06. The largest absolute Gasteiger partial charge is 0.493 e. The number of benzene rings is 2. The van der Waals surface area contributed by atoms with Crippen LogP contribution in [0.5, 0.6) is 11.5 Å². The van der Waals surface area contributed by atoms with Crippen LogP contribution in [0.25, 0.3) is 0 Å². The third-order valence-corrected chi connectivity index (χ3v) is 3.29. The van der Waals surface area contributed by atoms with Crippen molar-refractivity contribution in [3.8, 4) is 11.5 Å². The number of hydrogen-bond acceptors (Lipinski definition) is 4. The highest BCUT2D eigenvalue weighted by molar-refractivity contribution is 5.52. The summed E-state index contributed by atoms with van der Waals surface area (Å²) in [4.78, 5) is 0. The van der Waals surface area contributed by atoms with Gasteiger partial charge in [0.15, 0.2) is 18.1 Å². The highest BCUT2D eigenvalue weighted by Gasteiger charge is 2.29. The molecule has 0 bridgehead atoms. The molecule has 130 valence electrons. The third kappa shape index (κ3) is 5.06. The predicted molar refractivity (Wildman–Crippen MR) is 84.2 cm³/mol. The standard InChI is InChI=1S/C17H18F3NO3/c1-23-16-8-12(6-7-15(16)24-11-17(18,19)20)9-21-14-5-3-2-4-13(14)10-22/h2-8,21-22H,9-11H2,1H3. The maximum Gasteiger partial charge on any atom is 0.422 e. The molecule has 2 rings (SSSR count). The Labute approximate surface area is 137 Å². The Morgan fingerprint density at radius 1 is 1.08 bits per heavy atom. The molecule has 24 heavy (non-hydrogen) atoms. The fourth-order valence-electron chi connectivity index (χ4n) is 2.13. The summed E-state index contributed by atoms with van der Waals surface area (Å²) < 4.78 is 46.6. The quantitative estimate of drug-likeness (QED) is 0.805. The first-order valence-electron chi connectivity index (χ1n) is 7.22. The first-order chi connectivity index (χ1) is 11.4. The van der Waals surface area contributed by atoms with Crippen LogP contribution in [0.4, 0.5) is 18.9 Å². The van der Waals surface area contributed by atoms with Crippen molar-refractivity contribution in [2.75, 3.05) is 19.0 Å². The van der Waals surface area contributed by atoms with E-state index in [1.165, 1.54) is 13.2 Å². The number of anilines is 1. The van der Waals surface area contributed by atoms with Crippen molar-refractivity contribution in [3.05, 3.63) is 53.6 Å². The number of nitrogens with one attached hydrogen (secondary N) is 1. The van der Waals surface area contributed by atoms with Crippen LogP contribution in [-0.2, 0) is 13.2 Å². The minimum Gasteiger partial charge on any atom is -0.493 e. The topological polar surface area (TPSA) is 50.7 Å². The van der Waals surface area contributed by atoms with Gasteiger partial charge in [0.1, 0.15) is 0 Å². The molecular formula is C17H18F3NO3. The summed E-state index contributed by atoms with van der Waals surface area (Å²) in [7, 11) is 1.37. The summed E-state index contributed by atoms with van der Waals surface area (Å²) in [5.41, 5.74) is 2.35. The number of rotatable bonds is 7. The van der Waals surface area contributed by atoms with Crippen LogP contribution in [0.1, 0.15) is 11.1 Å². The lowest BCUT2D eigenvalue weighted by atomic mass is 10.1. The van der Waals surface area contributed by atoms with Gasteiger partial charge in [-0.15, -0.1) is 0 Å². The van der Waals surface area contributed by atoms with Crippen molar-refractivity contribution < 1.29 is 27.8 Å². The van der Waals surface area contributed by atoms with Gasteiger partial charge in [-0.2, -0.15) is 13.2 Å². The van der Waals surface area contributed by atoms with E-state index >= 15 is 0 Å². The molecule has 0 amide bonds. The van der Waals surface area contributed by atoms with E-state index < -0.39 is 12.8 Å². The van der Waals surface area contributed by atoms with E-state index in [1.807, 2.05) is 18.2 Å². The first kappa shape index (κ1) is 17.9. The van der Waals surface area contributed by atoms with Crippen molar-refractivity contribution in [2.45, 2.75) is 19.3 Å². The Bertz CT molecular complexity index is 674. The second kappa shape index (κ2) is 7.92. The van der Waals surface area contributed by atoms with E-state index in [0.717, 1.165) is 16.8 Å². The molecule has 0 saturated carbocycles. The van der Waals surface area contributed by atoms with E-state index in [0.29, 0.717) is 6.54 Å². The van der Waals surface area contributed by atoms with Crippen LogP contribution in [0, 0.1) is 0 Å². The Kier molecular flexibility index (Phi) is 5.92. The average Bonchev–Trinajstić information content (AvgIpc) is 2.57. The lowest BCUT2D eigenvalue weighted by molar-refractivity contribution is -0.153. The van der Waals surface area contributed by atoms with Crippen LogP contribution in [0.2, 0.25) is 0 Å². The normalized spacial score (nSPS) is 11.2. The van der Waals surface area contributed by atoms with Crippen LogP contribution in [0.3, 0.4) is 0 Å². The monoisotopic (exact) mass is 341 g/mol. The van der Waals surface area contributed by atoms with Gasteiger partial charge in [0.25, 0.3) is 0 Å². The molecule has 0 fully saturated rings. The zero-order chi connectivity index (χ0) is 17.6. The smallest absolute Gasteiger partial charge is 0.422 e. The van der Waals surface area contributed by atoms with Gasteiger partial charge >= 0.3 is 6.18 Å². The average molecular weight is 341 g/mol. The minimum absolute atomic E-state index is 0.0364. The molecule has 7 heteroatoms. The molecule has 0 saturated heterocycles. The van der Waals surface area contributed by atoms with E-state index in [2.05, 4.69) is 5.32 Å². The third-order valence-electron chi connectivity index (χ3n) is 3.29. The molecule has 0 atom stereocenters. The molecule has 0 spiro atoms. The highest BCUT2D eigenvalue weighted by atomic mass is 19.4. The number of aliphatic hydroxyl groups is 1. The molecule has 0 aliphatic rings. The maximum absolute atomic E-state index is 12.2. The van der Waals surface area contributed by atoms with Crippen LogP contribution < -0.4 is 14.8 Å². The highest BCUT2D eigenvalue weighted by Crippen LogP contribution is 2.30. The van der Waals surface area contributed by atoms with E-state index in [9.17, 15) is 18.3 Å². The first-order valence-corrected chi connectivity index (χ1v) is 7.22. The molecule has 2 N–H and O–H groups in total. The number of halogens is 3. The van der Waals surface area contributed by atoms with Crippen molar-refractivity contribution in [2.24, 2.45) is 0 Å². The van der Waals surface area contributed by atoms with Gasteiger partial charge in [-0.25, -0.2) is 0 Å². The molecule has 0 aliphatic heterocycles. The summed E-state index contributed by atoms with van der Waals surface area (Å²) in [5, 5.41) is 12.5. The van der Waals surface area contributed by atoms with Crippen molar-refractivity contribution >= 4 is 5.69 Å². The van der Waals surface area contributed by atoms with Gasteiger partial charge < -0.3 is 19.9 Å². The number of methoxy groups -OCH3 is 1. The van der Waals surface area contributed by atoms with Crippen molar-refractivity contribution in [1.82, 2.24) is 0 Å². The van der Waals surface area contributed by atoms with E-state index in [-0.39, 0.29) is 18.1 Å². The Hall–Kier alpha value is -2.41. The molecule has 4 nitrogen and oxygen atoms in total. The molecule has 2 aromatic carbocycles. The molecule has 0 aliphatic carbocycles. The second-order valence-electron chi connectivity index (χ2n) is 5.06. The zero-order valence-corrected chi connectivity index (χ0v) is 13.1. The fraction of sp³-hybridized carbons (Fsp3) is 0.294. The Morgan fingerprint density at radius 3 is 2.50 bits per heavy atom. The van der Waals surface area contributed by atoms with Gasteiger partial charge in [-0.05, 0) is 23.8 Å².